The molecule has 84 valence electrons. The lowest BCUT2D eigenvalue weighted by Crippen LogP contribution is -2.15. The van der Waals surface area contributed by atoms with E-state index in [0.717, 1.165) is 17.7 Å². The average molecular weight is 216 g/mol. The zero-order chi connectivity index (χ0) is 11.4. The van der Waals surface area contributed by atoms with Crippen molar-refractivity contribution in [3.05, 3.63) is 36.5 Å². The minimum atomic E-state index is 0.192. The van der Waals surface area contributed by atoms with Crippen LogP contribution in [0.2, 0.25) is 0 Å². The Morgan fingerprint density at radius 1 is 1.31 bits per heavy atom. The Morgan fingerprint density at radius 3 is 2.94 bits per heavy atom. The van der Waals surface area contributed by atoms with E-state index in [1.165, 1.54) is 5.39 Å². The van der Waals surface area contributed by atoms with Crippen LogP contribution in [0.3, 0.4) is 0 Å². The second-order valence-corrected chi connectivity index (χ2v) is 4.05. The number of aliphatic hydroxyl groups excluding tert-OH is 1. The lowest BCUT2D eigenvalue weighted by molar-refractivity contribution is 0.244. The van der Waals surface area contributed by atoms with E-state index in [1.807, 2.05) is 31.2 Å². The van der Waals surface area contributed by atoms with Gasteiger partial charge in [-0.3, -0.25) is 0 Å². The maximum absolute atomic E-state index is 8.97. The van der Waals surface area contributed by atoms with E-state index in [9.17, 15) is 0 Å². The van der Waals surface area contributed by atoms with Crippen LogP contribution in [0.15, 0.2) is 36.5 Å². The van der Waals surface area contributed by atoms with Gasteiger partial charge in [-0.15, -0.1) is 0 Å². The van der Waals surface area contributed by atoms with E-state index in [0.29, 0.717) is 0 Å². The fraction of sp³-hybridized carbons (Fsp3) is 0.308. The van der Waals surface area contributed by atoms with E-state index >= 15 is 0 Å². The number of fused-ring (bicyclic) bond motifs is 1. The molecular formula is C13H16N2O. The Bertz CT molecular complexity index is 465. The summed E-state index contributed by atoms with van der Waals surface area (Å²) in [7, 11) is 0. The first-order chi connectivity index (χ1) is 7.81. The number of aliphatic hydroxyl groups is 1. The number of hydrogen-bond acceptors (Lipinski definition) is 3. The summed E-state index contributed by atoms with van der Waals surface area (Å²) in [6.45, 7) is 2.92. The third-order valence-corrected chi connectivity index (χ3v) is 2.60. The van der Waals surface area contributed by atoms with Gasteiger partial charge in [0.2, 0.25) is 0 Å². The fourth-order valence-corrected chi connectivity index (χ4v) is 1.60. The van der Waals surface area contributed by atoms with Crippen molar-refractivity contribution in [3.63, 3.8) is 0 Å². The molecule has 1 atom stereocenters. The van der Waals surface area contributed by atoms with Crippen LogP contribution in [0.5, 0.6) is 0 Å². The second-order valence-electron chi connectivity index (χ2n) is 4.05. The molecule has 2 N–H and O–H groups in total. The van der Waals surface area contributed by atoms with Crippen molar-refractivity contribution in [1.29, 1.82) is 0 Å². The van der Waals surface area contributed by atoms with Gasteiger partial charge >= 0.3 is 0 Å². The summed E-state index contributed by atoms with van der Waals surface area (Å²) < 4.78 is 0. The van der Waals surface area contributed by atoms with Crippen LogP contribution in [-0.4, -0.2) is 23.2 Å². The standard InChI is InChI=1S/C13H16N2O/c1-10(9-16)8-15-13-12-5-3-2-4-11(12)6-7-14-13/h2-7,10,16H,8-9H2,1H3,(H,14,15). The van der Waals surface area contributed by atoms with Gasteiger partial charge in [0.1, 0.15) is 5.82 Å². The Labute approximate surface area is 95.1 Å². The number of pyridine rings is 1. The van der Waals surface area contributed by atoms with Crippen molar-refractivity contribution in [3.8, 4) is 0 Å². The van der Waals surface area contributed by atoms with Gasteiger partial charge < -0.3 is 10.4 Å². The van der Waals surface area contributed by atoms with Gasteiger partial charge in [0.05, 0.1) is 0 Å². The Morgan fingerprint density at radius 2 is 2.12 bits per heavy atom. The van der Waals surface area contributed by atoms with Crippen LogP contribution in [0.1, 0.15) is 6.92 Å². The minimum Gasteiger partial charge on any atom is -0.396 e. The van der Waals surface area contributed by atoms with Crippen LogP contribution in [-0.2, 0) is 0 Å². The van der Waals surface area contributed by atoms with Crippen molar-refractivity contribution in [1.82, 2.24) is 4.98 Å². The van der Waals surface area contributed by atoms with Gasteiger partial charge in [0.15, 0.2) is 0 Å². The van der Waals surface area contributed by atoms with Crippen LogP contribution in [0.25, 0.3) is 10.8 Å². The zero-order valence-electron chi connectivity index (χ0n) is 9.35. The fourth-order valence-electron chi connectivity index (χ4n) is 1.60. The van der Waals surface area contributed by atoms with Crippen LogP contribution >= 0.6 is 0 Å². The van der Waals surface area contributed by atoms with Crippen molar-refractivity contribution in [2.45, 2.75) is 6.92 Å². The SMILES string of the molecule is CC(CO)CNc1nccc2ccccc12. The summed E-state index contributed by atoms with van der Waals surface area (Å²) >= 11 is 0. The van der Waals surface area contributed by atoms with Gasteiger partial charge in [-0.25, -0.2) is 4.98 Å². The predicted molar refractivity (Wildman–Crippen MR) is 66.5 cm³/mol. The quantitative estimate of drug-likeness (QED) is 0.824. The van der Waals surface area contributed by atoms with E-state index < -0.39 is 0 Å². The van der Waals surface area contributed by atoms with Gasteiger partial charge in [-0.05, 0) is 17.4 Å². The van der Waals surface area contributed by atoms with Crippen LogP contribution in [0.4, 0.5) is 5.82 Å². The molecule has 0 radical (unpaired) electrons. The lowest BCUT2D eigenvalue weighted by Gasteiger charge is -2.11. The Balaban J connectivity index is 2.23. The molecule has 0 aliphatic heterocycles. The Kier molecular flexibility index (Phi) is 3.37. The van der Waals surface area contributed by atoms with Crippen molar-refractivity contribution in [2.24, 2.45) is 5.92 Å². The molecule has 1 unspecified atom stereocenters. The van der Waals surface area contributed by atoms with Gasteiger partial charge in [-0.1, -0.05) is 31.2 Å². The number of rotatable bonds is 4. The molecule has 0 bridgehead atoms. The molecule has 1 heterocycles. The summed E-state index contributed by atoms with van der Waals surface area (Å²) in [6, 6.07) is 10.1. The molecule has 16 heavy (non-hydrogen) atoms. The number of nitrogens with one attached hydrogen (secondary N) is 1. The molecule has 0 fully saturated rings. The average Bonchev–Trinajstić information content (AvgIpc) is 2.35. The van der Waals surface area contributed by atoms with E-state index in [2.05, 4.69) is 16.4 Å². The van der Waals surface area contributed by atoms with Crippen molar-refractivity contribution in [2.75, 3.05) is 18.5 Å². The molecule has 0 amide bonds. The maximum atomic E-state index is 8.97. The molecule has 3 heteroatoms. The first kappa shape index (κ1) is 10.9. The molecule has 0 aliphatic rings. The normalized spacial score (nSPS) is 12.6. The second kappa shape index (κ2) is 4.94. The number of hydrogen-bond donors (Lipinski definition) is 2. The van der Waals surface area contributed by atoms with Gasteiger partial charge in [0, 0.05) is 24.7 Å². The molecule has 0 saturated heterocycles. The highest BCUT2D eigenvalue weighted by Gasteiger charge is 2.03. The van der Waals surface area contributed by atoms with Crippen LogP contribution in [0, 0.1) is 5.92 Å². The number of benzene rings is 1. The molecule has 0 aliphatic carbocycles. The lowest BCUT2D eigenvalue weighted by atomic mass is 10.1. The first-order valence-electron chi connectivity index (χ1n) is 5.49. The molecular weight excluding hydrogens is 200 g/mol. The first-order valence-corrected chi connectivity index (χ1v) is 5.49. The topological polar surface area (TPSA) is 45.1 Å². The molecule has 0 saturated carbocycles. The summed E-state index contributed by atoms with van der Waals surface area (Å²) in [5.74, 6) is 1.12. The molecule has 2 rings (SSSR count). The highest BCUT2D eigenvalue weighted by Crippen LogP contribution is 2.20. The van der Waals surface area contributed by atoms with E-state index in [-0.39, 0.29) is 12.5 Å². The maximum Gasteiger partial charge on any atom is 0.133 e. The molecule has 0 spiro atoms. The molecule has 1 aromatic carbocycles. The molecule has 1 aromatic heterocycles. The van der Waals surface area contributed by atoms with Crippen molar-refractivity contribution >= 4 is 16.6 Å². The zero-order valence-corrected chi connectivity index (χ0v) is 9.35. The number of anilines is 1. The summed E-state index contributed by atoms with van der Waals surface area (Å²) in [6.07, 6.45) is 1.80. The Hall–Kier alpha value is -1.61. The van der Waals surface area contributed by atoms with Crippen molar-refractivity contribution < 1.29 is 5.11 Å². The summed E-state index contributed by atoms with van der Waals surface area (Å²) in [5.41, 5.74) is 0. The number of nitrogens with zero attached hydrogens (tertiary/aromatic N) is 1. The van der Waals surface area contributed by atoms with E-state index in [4.69, 9.17) is 5.11 Å². The number of aromatic nitrogens is 1. The monoisotopic (exact) mass is 216 g/mol. The minimum absolute atomic E-state index is 0.192. The highest BCUT2D eigenvalue weighted by atomic mass is 16.3. The van der Waals surface area contributed by atoms with Crippen LogP contribution < -0.4 is 5.32 Å². The smallest absolute Gasteiger partial charge is 0.133 e. The van der Waals surface area contributed by atoms with E-state index in [1.54, 1.807) is 6.20 Å². The third kappa shape index (κ3) is 2.31. The summed E-state index contributed by atoms with van der Waals surface area (Å²) in [4.78, 5) is 4.32. The molecule has 2 aromatic rings. The predicted octanol–water partition coefficient (Wildman–Crippen LogP) is 2.28. The van der Waals surface area contributed by atoms with Gasteiger partial charge in [-0.2, -0.15) is 0 Å². The largest absolute Gasteiger partial charge is 0.396 e. The van der Waals surface area contributed by atoms with Gasteiger partial charge in [0.25, 0.3) is 0 Å². The third-order valence-electron chi connectivity index (χ3n) is 2.60. The highest BCUT2D eigenvalue weighted by molar-refractivity contribution is 5.91. The summed E-state index contributed by atoms with van der Waals surface area (Å²) in [5, 5.41) is 14.5. The molecule has 3 nitrogen and oxygen atoms in total.